The molecule has 1 aromatic heterocycles. The average molecular weight is 558 g/mol. The molecule has 1 unspecified atom stereocenters. The monoisotopic (exact) mass is 557 g/mol. The van der Waals surface area contributed by atoms with E-state index in [-0.39, 0.29) is 11.3 Å². The lowest BCUT2D eigenvalue weighted by Gasteiger charge is -2.23. The van der Waals surface area contributed by atoms with Gasteiger partial charge in [0, 0.05) is 11.3 Å². The summed E-state index contributed by atoms with van der Waals surface area (Å²) in [7, 11) is 0. The number of ketones is 1. The number of carbonyl (C=O) groups is 2. The number of anilines is 1. The van der Waals surface area contributed by atoms with Crippen molar-refractivity contribution in [2.45, 2.75) is 35.9 Å². The van der Waals surface area contributed by atoms with Gasteiger partial charge in [-0.3, -0.25) is 14.5 Å². The molecule has 7 nitrogen and oxygen atoms in total. The van der Waals surface area contributed by atoms with E-state index in [0.717, 1.165) is 18.4 Å². The molecule has 1 amide bonds. The molecule has 5 rings (SSSR count). The average Bonchev–Trinajstić information content (AvgIpc) is 3.55. The zero-order valence-electron chi connectivity index (χ0n) is 21.3. The van der Waals surface area contributed by atoms with E-state index < -0.39 is 17.7 Å². The molecule has 1 fully saturated rings. The van der Waals surface area contributed by atoms with Crippen LogP contribution < -0.4 is 9.64 Å². The molecule has 4 aromatic rings. The van der Waals surface area contributed by atoms with Gasteiger partial charge < -0.3 is 9.84 Å². The third-order valence-electron chi connectivity index (χ3n) is 6.24. The van der Waals surface area contributed by atoms with Gasteiger partial charge in [0.15, 0.2) is 4.34 Å². The standard InChI is InChI=1S/C30H27N3O4S2/c1-2-3-17-37-23-16-10-15-22(18-23)25-24(26(34)21-13-8-5-9-14-21)27(35)28(36)33(25)29-31-32-30(39-29)38-19-20-11-6-4-7-12-20/h4-16,18,25,34H,2-3,17,19H2,1H3. The minimum absolute atomic E-state index is 0.00518. The number of benzene rings is 3. The Labute approximate surface area is 235 Å². The summed E-state index contributed by atoms with van der Waals surface area (Å²) in [4.78, 5) is 28.2. The van der Waals surface area contributed by atoms with Gasteiger partial charge in [-0.2, -0.15) is 0 Å². The van der Waals surface area contributed by atoms with Crippen LogP contribution in [0.25, 0.3) is 5.76 Å². The molecule has 1 atom stereocenters. The Balaban J connectivity index is 1.53. The summed E-state index contributed by atoms with van der Waals surface area (Å²) in [5.41, 5.74) is 2.23. The molecule has 2 heterocycles. The fraction of sp³-hybridized carbons (Fsp3) is 0.200. The number of carbonyl (C=O) groups excluding carboxylic acids is 2. The Hall–Kier alpha value is -3.95. The van der Waals surface area contributed by atoms with Crippen LogP contribution in [-0.4, -0.2) is 33.6 Å². The van der Waals surface area contributed by atoms with Gasteiger partial charge in [-0.05, 0) is 29.7 Å². The van der Waals surface area contributed by atoms with Crippen molar-refractivity contribution in [2.75, 3.05) is 11.5 Å². The topological polar surface area (TPSA) is 92.6 Å². The summed E-state index contributed by atoms with van der Waals surface area (Å²) in [6.45, 7) is 2.65. The smallest absolute Gasteiger partial charge is 0.301 e. The molecule has 3 aromatic carbocycles. The van der Waals surface area contributed by atoms with Crippen molar-refractivity contribution in [3.8, 4) is 5.75 Å². The van der Waals surface area contributed by atoms with Crippen LogP contribution in [0.15, 0.2) is 94.8 Å². The lowest BCUT2D eigenvalue weighted by atomic mass is 9.95. The lowest BCUT2D eigenvalue weighted by Crippen LogP contribution is -2.29. The van der Waals surface area contributed by atoms with E-state index in [2.05, 4.69) is 17.1 Å². The van der Waals surface area contributed by atoms with E-state index in [9.17, 15) is 14.7 Å². The number of amides is 1. The molecular weight excluding hydrogens is 530 g/mol. The quantitative estimate of drug-likeness (QED) is 0.0584. The van der Waals surface area contributed by atoms with Gasteiger partial charge in [-0.15, -0.1) is 10.2 Å². The number of unbranched alkanes of at least 4 members (excludes halogenated alkanes) is 1. The summed E-state index contributed by atoms with van der Waals surface area (Å²) in [5.74, 6) is -0.439. The Morgan fingerprint density at radius 1 is 1.00 bits per heavy atom. The SMILES string of the molecule is CCCCOc1cccc(C2C(=C(O)c3ccccc3)C(=O)C(=O)N2c2nnc(SCc3ccccc3)s2)c1. The third-order valence-corrected chi connectivity index (χ3v) is 8.37. The minimum atomic E-state index is -0.889. The number of aliphatic hydroxyl groups excluding tert-OH is 1. The Bertz CT molecular complexity index is 1490. The Morgan fingerprint density at radius 2 is 1.74 bits per heavy atom. The molecule has 1 aliphatic rings. The van der Waals surface area contributed by atoms with Gasteiger partial charge in [0.2, 0.25) is 5.13 Å². The van der Waals surface area contributed by atoms with Crippen LogP contribution in [-0.2, 0) is 15.3 Å². The first-order valence-corrected chi connectivity index (χ1v) is 14.5. The highest BCUT2D eigenvalue weighted by molar-refractivity contribution is 8.00. The molecular formula is C30H27N3O4S2. The van der Waals surface area contributed by atoms with Crippen LogP contribution in [0.3, 0.4) is 0 Å². The van der Waals surface area contributed by atoms with Gasteiger partial charge in [0.1, 0.15) is 11.5 Å². The number of rotatable bonds is 10. The van der Waals surface area contributed by atoms with Crippen LogP contribution in [0.2, 0.25) is 0 Å². The van der Waals surface area contributed by atoms with Crippen molar-refractivity contribution in [3.63, 3.8) is 0 Å². The summed E-state index contributed by atoms with van der Waals surface area (Å²) in [5, 5.41) is 20.1. The molecule has 1 N–H and O–H groups in total. The number of Topliss-reactive ketones (excluding diaryl/α,β-unsaturated/α-hetero) is 1. The molecule has 0 spiro atoms. The first kappa shape index (κ1) is 26.6. The maximum atomic E-state index is 13.5. The molecule has 0 aliphatic carbocycles. The molecule has 198 valence electrons. The minimum Gasteiger partial charge on any atom is -0.507 e. The first-order chi connectivity index (χ1) is 19.1. The second kappa shape index (κ2) is 12.3. The molecule has 0 saturated carbocycles. The predicted molar refractivity (Wildman–Crippen MR) is 154 cm³/mol. The van der Waals surface area contributed by atoms with Crippen molar-refractivity contribution < 1.29 is 19.4 Å². The summed E-state index contributed by atoms with van der Waals surface area (Å²) >= 11 is 2.75. The maximum Gasteiger partial charge on any atom is 0.301 e. The number of hydrogen-bond donors (Lipinski definition) is 1. The number of ether oxygens (including phenoxy) is 1. The highest BCUT2D eigenvalue weighted by atomic mass is 32.2. The molecule has 0 bridgehead atoms. The fourth-order valence-corrected chi connectivity index (χ4v) is 6.11. The van der Waals surface area contributed by atoms with E-state index >= 15 is 0 Å². The number of nitrogens with zero attached hydrogens (tertiary/aromatic N) is 3. The molecule has 1 saturated heterocycles. The van der Waals surface area contributed by atoms with Gasteiger partial charge in [-0.1, -0.05) is 109 Å². The van der Waals surface area contributed by atoms with Gasteiger partial charge in [0.25, 0.3) is 5.78 Å². The van der Waals surface area contributed by atoms with Gasteiger partial charge >= 0.3 is 5.91 Å². The highest BCUT2D eigenvalue weighted by Crippen LogP contribution is 2.44. The zero-order chi connectivity index (χ0) is 27.2. The number of aliphatic hydroxyl groups is 1. The second-order valence-electron chi connectivity index (χ2n) is 8.93. The first-order valence-electron chi connectivity index (χ1n) is 12.7. The van der Waals surface area contributed by atoms with Crippen LogP contribution in [0.5, 0.6) is 5.75 Å². The van der Waals surface area contributed by atoms with Crippen LogP contribution >= 0.6 is 23.1 Å². The molecule has 39 heavy (non-hydrogen) atoms. The Morgan fingerprint density at radius 3 is 2.49 bits per heavy atom. The number of aromatic nitrogens is 2. The largest absolute Gasteiger partial charge is 0.507 e. The predicted octanol–water partition coefficient (Wildman–Crippen LogP) is 6.64. The molecule has 0 radical (unpaired) electrons. The van der Waals surface area contributed by atoms with Crippen molar-refractivity contribution >= 4 is 45.7 Å². The molecule has 9 heteroatoms. The van der Waals surface area contributed by atoms with E-state index in [0.29, 0.717) is 38.7 Å². The number of hydrogen-bond acceptors (Lipinski definition) is 8. The fourth-order valence-electron chi connectivity index (χ4n) is 4.28. The normalized spacial score (nSPS) is 16.5. The van der Waals surface area contributed by atoms with E-state index in [1.807, 2.05) is 60.7 Å². The van der Waals surface area contributed by atoms with Gasteiger partial charge in [-0.25, -0.2) is 0 Å². The maximum absolute atomic E-state index is 13.5. The second-order valence-corrected chi connectivity index (χ2v) is 11.1. The van der Waals surface area contributed by atoms with Crippen molar-refractivity contribution in [1.82, 2.24) is 10.2 Å². The molecule has 1 aliphatic heterocycles. The van der Waals surface area contributed by atoms with Crippen molar-refractivity contribution in [1.29, 1.82) is 0 Å². The zero-order valence-corrected chi connectivity index (χ0v) is 23.0. The van der Waals surface area contributed by atoms with Gasteiger partial charge in [0.05, 0.1) is 18.2 Å². The van der Waals surface area contributed by atoms with E-state index in [1.165, 1.54) is 28.0 Å². The lowest BCUT2D eigenvalue weighted by molar-refractivity contribution is -0.132. The van der Waals surface area contributed by atoms with Crippen molar-refractivity contribution in [2.24, 2.45) is 0 Å². The number of thioether (sulfide) groups is 1. The third kappa shape index (κ3) is 5.89. The Kier molecular flexibility index (Phi) is 8.39. The van der Waals surface area contributed by atoms with Crippen LogP contribution in [0.4, 0.5) is 5.13 Å². The van der Waals surface area contributed by atoms with E-state index in [1.54, 1.807) is 24.3 Å². The summed E-state index contributed by atoms with van der Waals surface area (Å²) < 4.78 is 6.58. The highest BCUT2D eigenvalue weighted by Gasteiger charge is 2.48. The van der Waals surface area contributed by atoms with Crippen LogP contribution in [0, 0.1) is 0 Å². The summed E-state index contributed by atoms with van der Waals surface area (Å²) in [6.07, 6.45) is 1.91. The summed E-state index contributed by atoms with van der Waals surface area (Å²) in [6, 6.07) is 25.2. The van der Waals surface area contributed by atoms with E-state index in [4.69, 9.17) is 4.74 Å². The van der Waals surface area contributed by atoms with Crippen molar-refractivity contribution in [3.05, 3.63) is 107 Å². The van der Waals surface area contributed by atoms with Crippen LogP contribution in [0.1, 0.15) is 42.5 Å².